The van der Waals surface area contributed by atoms with Crippen molar-refractivity contribution < 1.29 is 9.90 Å². The Kier molecular flexibility index (Phi) is 3.85. The molecule has 0 saturated carbocycles. The second kappa shape index (κ2) is 5.95. The van der Waals surface area contributed by atoms with Gasteiger partial charge in [-0.3, -0.25) is 0 Å². The lowest BCUT2D eigenvalue weighted by molar-refractivity contribution is 0.192. The van der Waals surface area contributed by atoms with E-state index in [9.17, 15) is 4.79 Å². The maximum absolute atomic E-state index is 10.7. The molecule has 0 spiro atoms. The minimum Gasteiger partial charge on any atom is -0.463 e. The van der Waals surface area contributed by atoms with E-state index in [0.29, 0.717) is 6.04 Å². The van der Waals surface area contributed by atoms with Crippen LogP contribution in [0.4, 0.5) is 10.6 Å². The fourth-order valence-corrected chi connectivity index (χ4v) is 2.71. The average molecular weight is 286 g/mol. The molecule has 0 aliphatic carbocycles. The van der Waals surface area contributed by atoms with Gasteiger partial charge in [0, 0.05) is 18.4 Å². The predicted octanol–water partition coefficient (Wildman–Crippen LogP) is 2.55. The van der Waals surface area contributed by atoms with Crippen LogP contribution in [0.1, 0.15) is 30.5 Å². The molecule has 3 heterocycles. The van der Waals surface area contributed by atoms with Crippen LogP contribution in [-0.4, -0.2) is 32.0 Å². The Morgan fingerprint density at radius 2 is 2.38 bits per heavy atom. The van der Waals surface area contributed by atoms with Gasteiger partial charge in [0.1, 0.15) is 5.82 Å². The van der Waals surface area contributed by atoms with Gasteiger partial charge in [-0.2, -0.15) is 9.78 Å². The molecule has 1 atom stereocenters. The standard InChI is InChI=1S/C15H18N4O2/c20-15(21)19-10-8-13(18-19)5-1-4-12-7-6-11-3-2-9-16-14(11)17-12/h2-3,8-10,12H,1,4-7H2,(H,16,17)(H,20,21). The third-order valence-corrected chi connectivity index (χ3v) is 3.82. The van der Waals surface area contributed by atoms with Gasteiger partial charge in [-0.15, -0.1) is 0 Å². The molecule has 1 aliphatic rings. The van der Waals surface area contributed by atoms with Crippen molar-refractivity contribution in [1.29, 1.82) is 0 Å². The summed E-state index contributed by atoms with van der Waals surface area (Å²) in [6.07, 6.45) is 7.25. The first-order valence-corrected chi connectivity index (χ1v) is 7.20. The molecule has 3 rings (SSSR count). The van der Waals surface area contributed by atoms with Gasteiger partial charge in [0.2, 0.25) is 0 Å². The molecule has 1 unspecified atom stereocenters. The number of rotatable bonds is 4. The van der Waals surface area contributed by atoms with Gasteiger partial charge >= 0.3 is 6.09 Å². The lowest BCUT2D eigenvalue weighted by Crippen LogP contribution is -2.26. The van der Waals surface area contributed by atoms with Crippen LogP contribution in [0.5, 0.6) is 0 Å². The minimum atomic E-state index is -1.04. The fourth-order valence-electron chi connectivity index (χ4n) is 2.71. The summed E-state index contributed by atoms with van der Waals surface area (Å²) in [6, 6.07) is 6.29. The highest BCUT2D eigenvalue weighted by Crippen LogP contribution is 2.24. The molecule has 0 fully saturated rings. The number of carbonyl (C=O) groups is 1. The van der Waals surface area contributed by atoms with Gasteiger partial charge in [-0.05, 0) is 49.8 Å². The van der Waals surface area contributed by atoms with Crippen molar-refractivity contribution in [2.24, 2.45) is 0 Å². The summed E-state index contributed by atoms with van der Waals surface area (Å²) >= 11 is 0. The SMILES string of the molecule is O=C(O)n1ccc(CCCC2CCc3cccnc3N2)n1. The van der Waals surface area contributed by atoms with E-state index < -0.39 is 6.09 Å². The van der Waals surface area contributed by atoms with Gasteiger partial charge in [-0.25, -0.2) is 9.78 Å². The Bertz CT molecular complexity index is 638. The van der Waals surface area contributed by atoms with Crippen LogP contribution >= 0.6 is 0 Å². The van der Waals surface area contributed by atoms with E-state index in [1.54, 1.807) is 6.07 Å². The summed E-state index contributed by atoms with van der Waals surface area (Å²) in [5, 5.41) is 16.3. The smallest absolute Gasteiger partial charge is 0.432 e. The molecule has 0 aromatic carbocycles. The zero-order chi connectivity index (χ0) is 14.7. The Morgan fingerprint density at radius 3 is 3.19 bits per heavy atom. The first-order chi connectivity index (χ1) is 10.2. The molecular weight excluding hydrogens is 268 g/mol. The van der Waals surface area contributed by atoms with E-state index in [1.807, 2.05) is 12.3 Å². The van der Waals surface area contributed by atoms with E-state index in [0.717, 1.165) is 48.3 Å². The maximum atomic E-state index is 10.7. The first-order valence-electron chi connectivity index (χ1n) is 7.20. The number of anilines is 1. The quantitative estimate of drug-likeness (QED) is 0.903. The van der Waals surface area contributed by atoms with Crippen LogP contribution in [0.15, 0.2) is 30.6 Å². The number of aromatic nitrogens is 3. The predicted molar refractivity (Wildman–Crippen MR) is 78.6 cm³/mol. The number of nitrogens with zero attached hydrogens (tertiary/aromatic N) is 3. The topological polar surface area (TPSA) is 80.0 Å². The Labute approximate surface area is 122 Å². The van der Waals surface area contributed by atoms with Crippen molar-refractivity contribution in [2.45, 2.75) is 38.1 Å². The highest BCUT2D eigenvalue weighted by atomic mass is 16.4. The molecule has 0 amide bonds. The van der Waals surface area contributed by atoms with Crippen LogP contribution < -0.4 is 5.32 Å². The van der Waals surface area contributed by atoms with Crippen LogP contribution in [0.2, 0.25) is 0 Å². The number of hydrogen-bond acceptors (Lipinski definition) is 4. The molecule has 0 radical (unpaired) electrons. The van der Waals surface area contributed by atoms with Gasteiger partial charge in [0.15, 0.2) is 0 Å². The summed E-state index contributed by atoms with van der Waals surface area (Å²) in [6.45, 7) is 0. The molecule has 110 valence electrons. The van der Waals surface area contributed by atoms with Crippen LogP contribution in [0.25, 0.3) is 0 Å². The highest BCUT2D eigenvalue weighted by Gasteiger charge is 2.17. The molecule has 0 bridgehead atoms. The molecule has 2 aromatic heterocycles. The normalized spacial score (nSPS) is 17.0. The second-order valence-electron chi connectivity index (χ2n) is 5.32. The van der Waals surface area contributed by atoms with Gasteiger partial charge in [0.05, 0.1) is 5.69 Å². The number of hydrogen-bond donors (Lipinski definition) is 2. The van der Waals surface area contributed by atoms with E-state index in [2.05, 4.69) is 21.5 Å². The molecule has 6 nitrogen and oxygen atoms in total. The Balaban J connectivity index is 1.49. The lowest BCUT2D eigenvalue weighted by Gasteiger charge is -2.25. The van der Waals surface area contributed by atoms with E-state index in [-0.39, 0.29) is 0 Å². The third-order valence-electron chi connectivity index (χ3n) is 3.82. The third kappa shape index (κ3) is 3.21. The average Bonchev–Trinajstić information content (AvgIpc) is 2.96. The maximum Gasteiger partial charge on any atom is 0.432 e. The van der Waals surface area contributed by atoms with E-state index in [4.69, 9.17) is 5.11 Å². The molecule has 0 saturated heterocycles. The highest BCUT2D eigenvalue weighted by molar-refractivity contribution is 5.66. The van der Waals surface area contributed by atoms with Gasteiger partial charge in [-0.1, -0.05) is 6.07 Å². The number of aryl methyl sites for hydroxylation is 2. The summed E-state index contributed by atoms with van der Waals surface area (Å²) in [5.74, 6) is 1.00. The zero-order valence-electron chi connectivity index (χ0n) is 11.7. The minimum absolute atomic E-state index is 0.439. The number of nitrogens with one attached hydrogen (secondary N) is 1. The fraction of sp³-hybridized carbons (Fsp3) is 0.400. The molecule has 2 N–H and O–H groups in total. The van der Waals surface area contributed by atoms with Crippen molar-refractivity contribution in [1.82, 2.24) is 14.8 Å². The van der Waals surface area contributed by atoms with Crippen LogP contribution in [-0.2, 0) is 12.8 Å². The second-order valence-corrected chi connectivity index (χ2v) is 5.32. The number of pyridine rings is 1. The van der Waals surface area contributed by atoms with E-state index in [1.165, 1.54) is 11.8 Å². The van der Waals surface area contributed by atoms with Crippen LogP contribution in [0.3, 0.4) is 0 Å². The summed E-state index contributed by atoms with van der Waals surface area (Å²) in [4.78, 5) is 15.1. The van der Waals surface area contributed by atoms with Crippen molar-refractivity contribution in [3.05, 3.63) is 41.9 Å². The summed E-state index contributed by atoms with van der Waals surface area (Å²) in [7, 11) is 0. The largest absolute Gasteiger partial charge is 0.463 e. The lowest BCUT2D eigenvalue weighted by atomic mass is 9.97. The zero-order valence-corrected chi connectivity index (χ0v) is 11.7. The van der Waals surface area contributed by atoms with Crippen molar-refractivity contribution in [3.8, 4) is 0 Å². The Hall–Kier alpha value is -2.37. The first kappa shape index (κ1) is 13.6. The Morgan fingerprint density at radius 1 is 1.48 bits per heavy atom. The molecular formula is C15H18N4O2. The van der Waals surface area contributed by atoms with Crippen LogP contribution in [0, 0.1) is 0 Å². The van der Waals surface area contributed by atoms with Gasteiger partial charge in [0.25, 0.3) is 0 Å². The molecule has 1 aliphatic heterocycles. The van der Waals surface area contributed by atoms with E-state index >= 15 is 0 Å². The number of fused-ring (bicyclic) bond motifs is 1. The van der Waals surface area contributed by atoms with Gasteiger partial charge < -0.3 is 10.4 Å². The summed E-state index contributed by atoms with van der Waals surface area (Å²) < 4.78 is 0.953. The monoisotopic (exact) mass is 286 g/mol. The van der Waals surface area contributed by atoms with Crippen molar-refractivity contribution in [3.63, 3.8) is 0 Å². The summed E-state index contributed by atoms with van der Waals surface area (Å²) in [5.41, 5.74) is 2.11. The van der Waals surface area contributed by atoms with Crippen molar-refractivity contribution in [2.75, 3.05) is 5.32 Å². The molecule has 6 heteroatoms. The molecule has 21 heavy (non-hydrogen) atoms. The molecule has 2 aromatic rings. The van der Waals surface area contributed by atoms with Crippen molar-refractivity contribution >= 4 is 11.9 Å². The number of carboxylic acid groups (broad SMARTS) is 1.